The van der Waals surface area contributed by atoms with Crippen LogP contribution in [0.25, 0.3) is 11.0 Å². The number of nitrogens with zero attached hydrogens (tertiary/aromatic N) is 1. The number of fused-ring (bicyclic) bond motifs is 1. The van der Waals surface area contributed by atoms with E-state index in [9.17, 15) is 4.79 Å². The highest BCUT2D eigenvalue weighted by Gasteiger charge is 2.14. The van der Waals surface area contributed by atoms with E-state index in [0.29, 0.717) is 15.7 Å². The van der Waals surface area contributed by atoms with Gasteiger partial charge < -0.3 is 4.42 Å². The van der Waals surface area contributed by atoms with Gasteiger partial charge in [0.05, 0.1) is 0 Å². The molecule has 0 bridgehead atoms. The fraction of sp³-hybridized carbons (Fsp3) is 0.100. The summed E-state index contributed by atoms with van der Waals surface area (Å²) in [5, 5.41) is 4.74. The Balaban J connectivity index is 1.48. The van der Waals surface area contributed by atoms with Crippen LogP contribution >= 0.6 is 22.9 Å². The van der Waals surface area contributed by atoms with Crippen LogP contribution in [-0.4, -0.2) is 10.9 Å². The molecule has 0 unspecified atom stereocenters. The first-order valence-corrected chi connectivity index (χ1v) is 9.27. The molecule has 0 radical (unpaired) electrons. The maximum Gasteiger partial charge on any atom is 0.293 e. The number of rotatable bonds is 4. The van der Waals surface area contributed by atoms with Gasteiger partial charge in [0.1, 0.15) is 5.58 Å². The van der Waals surface area contributed by atoms with Crippen LogP contribution in [0.15, 0.2) is 59.1 Å². The number of benzene rings is 2. The number of anilines is 1. The quantitative estimate of drug-likeness (QED) is 0.493. The summed E-state index contributed by atoms with van der Waals surface area (Å²) in [6, 6.07) is 15.3. The third-order valence-corrected chi connectivity index (χ3v) is 5.08. The van der Waals surface area contributed by atoms with E-state index >= 15 is 0 Å². The van der Waals surface area contributed by atoms with Crippen molar-refractivity contribution in [3.8, 4) is 0 Å². The van der Waals surface area contributed by atoms with E-state index in [1.165, 1.54) is 22.5 Å². The largest absolute Gasteiger partial charge is 0.451 e. The third kappa shape index (κ3) is 3.64. The molecular formula is C20H15ClN2O2S. The molecule has 0 aliphatic heterocycles. The van der Waals surface area contributed by atoms with Gasteiger partial charge in [-0.05, 0) is 36.8 Å². The fourth-order valence-corrected chi connectivity index (χ4v) is 3.78. The number of aryl methyl sites for hydroxylation is 1. The van der Waals surface area contributed by atoms with E-state index in [-0.39, 0.29) is 11.7 Å². The Morgan fingerprint density at radius 3 is 2.96 bits per heavy atom. The van der Waals surface area contributed by atoms with E-state index < -0.39 is 0 Å². The second kappa shape index (κ2) is 6.94. The second-order valence-corrected chi connectivity index (χ2v) is 7.60. The lowest BCUT2D eigenvalue weighted by Gasteiger charge is -2.00. The van der Waals surface area contributed by atoms with Crippen molar-refractivity contribution in [2.75, 3.05) is 5.32 Å². The number of halogens is 1. The highest BCUT2D eigenvalue weighted by Crippen LogP contribution is 2.25. The van der Waals surface area contributed by atoms with Crippen LogP contribution in [0.2, 0.25) is 5.02 Å². The Morgan fingerprint density at radius 2 is 2.12 bits per heavy atom. The Morgan fingerprint density at radius 1 is 1.23 bits per heavy atom. The van der Waals surface area contributed by atoms with Gasteiger partial charge in [0, 0.05) is 27.9 Å². The normalized spacial score (nSPS) is 11.0. The number of carbonyl (C=O) groups is 1. The number of hydrogen-bond donors (Lipinski definition) is 1. The summed E-state index contributed by atoms with van der Waals surface area (Å²) in [4.78, 5) is 17.8. The van der Waals surface area contributed by atoms with Gasteiger partial charge in [-0.25, -0.2) is 4.98 Å². The number of aromatic nitrogens is 1. The zero-order valence-corrected chi connectivity index (χ0v) is 15.5. The number of furan rings is 1. The molecule has 0 aliphatic carbocycles. The Labute approximate surface area is 159 Å². The van der Waals surface area contributed by atoms with Gasteiger partial charge in [-0.2, -0.15) is 0 Å². The van der Waals surface area contributed by atoms with Crippen molar-refractivity contribution in [1.82, 2.24) is 4.98 Å². The molecule has 130 valence electrons. The summed E-state index contributed by atoms with van der Waals surface area (Å²) in [6.07, 6.45) is 2.58. The number of amides is 1. The molecule has 0 saturated heterocycles. The molecule has 2 heterocycles. The van der Waals surface area contributed by atoms with Crippen molar-refractivity contribution in [2.45, 2.75) is 13.3 Å². The standard InChI is InChI=1S/C20H15ClN2O2S/c1-12-3-2-4-13(7-12)8-16-11-22-20(26-16)23-19(24)18-10-14-9-15(21)5-6-17(14)25-18/h2-7,9-11H,8H2,1H3,(H,22,23,24). The van der Waals surface area contributed by atoms with Crippen LogP contribution in [0.4, 0.5) is 5.13 Å². The first-order valence-electron chi connectivity index (χ1n) is 8.07. The predicted octanol–water partition coefficient (Wildman–Crippen LogP) is 5.69. The monoisotopic (exact) mass is 382 g/mol. The lowest BCUT2D eigenvalue weighted by molar-refractivity contribution is 0.0998. The third-order valence-electron chi connectivity index (χ3n) is 3.94. The summed E-state index contributed by atoms with van der Waals surface area (Å²) in [5.41, 5.74) is 3.07. The average molecular weight is 383 g/mol. The summed E-state index contributed by atoms with van der Waals surface area (Å²) in [7, 11) is 0. The molecule has 1 amide bonds. The maximum atomic E-state index is 12.4. The van der Waals surface area contributed by atoms with Crippen molar-refractivity contribution in [2.24, 2.45) is 0 Å². The molecule has 0 saturated carbocycles. The van der Waals surface area contributed by atoms with Crippen molar-refractivity contribution in [3.63, 3.8) is 0 Å². The summed E-state index contributed by atoms with van der Waals surface area (Å²) in [6.45, 7) is 2.07. The van der Waals surface area contributed by atoms with Crippen LogP contribution in [0.1, 0.15) is 26.6 Å². The minimum absolute atomic E-state index is 0.234. The molecule has 0 aliphatic rings. The van der Waals surface area contributed by atoms with Gasteiger partial charge in [-0.3, -0.25) is 10.1 Å². The maximum absolute atomic E-state index is 12.4. The van der Waals surface area contributed by atoms with Crippen LogP contribution in [0.5, 0.6) is 0 Å². The highest BCUT2D eigenvalue weighted by molar-refractivity contribution is 7.15. The molecule has 2 aromatic heterocycles. The number of nitrogens with one attached hydrogen (secondary N) is 1. The van der Waals surface area contributed by atoms with Gasteiger partial charge in [-0.15, -0.1) is 11.3 Å². The molecule has 0 spiro atoms. The molecular weight excluding hydrogens is 368 g/mol. The highest BCUT2D eigenvalue weighted by atomic mass is 35.5. The summed E-state index contributed by atoms with van der Waals surface area (Å²) < 4.78 is 5.58. The van der Waals surface area contributed by atoms with Crippen LogP contribution in [-0.2, 0) is 6.42 Å². The van der Waals surface area contributed by atoms with Gasteiger partial charge >= 0.3 is 0 Å². The van der Waals surface area contributed by atoms with E-state index in [1.807, 2.05) is 6.07 Å². The smallest absolute Gasteiger partial charge is 0.293 e. The number of hydrogen-bond acceptors (Lipinski definition) is 4. The number of thiazole rings is 1. The van der Waals surface area contributed by atoms with Gasteiger partial charge in [0.15, 0.2) is 10.9 Å². The van der Waals surface area contributed by atoms with Gasteiger partial charge in [-0.1, -0.05) is 41.4 Å². The Hall–Kier alpha value is -2.63. The topological polar surface area (TPSA) is 55.1 Å². The fourth-order valence-electron chi connectivity index (χ4n) is 2.76. The Bertz CT molecular complexity index is 1100. The molecule has 6 heteroatoms. The van der Waals surface area contributed by atoms with Crippen LogP contribution in [0.3, 0.4) is 0 Å². The lowest BCUT2D eigenvalue weighted by Crippen LogP contribution is -2.10. The molecule has 4 aromatic rings. The van der Waals surface area contributed by atoms with Crippen LogP contribution < -0.4 is 5.32 Å². The molecule has 0 fully saturated rings. The van der Waals surface area contributed by atoms with E-state index in [0.717, 1.165) is 16.7 Å². The van der Waals surface area contributed by atoms with Crippen molar-refractivity contribution in [1.29, 1.82) is 0 Å². The van der Waals surface area contributed by atoms with E-state index in [1.54, 1.807) is 30.5 Å². The average Bonchev–Trinajstić information content (AvgIpc) is 3.21. The molecule has 0 atom stereocenters. The van der Waals surface area contributed by atoms with Gasteiger partial charge in [0.25, 0.3) is 5.91 Å². The Kier molecular flexibility index (Phi) is 4.49. The molecule has 1 N–H and O–H groups in total. The van der Waals surface area contributed by atoms with Gasteiger partial charge in [0.2, 0.25) is 0 Å². The molecule has 4 nitrogen and oxygen atoms in total. The van der Waals surface area contributed by atoms with Crippen molar-refractivity contribution >= 4 is 44.9 Å². The molecule has 2 aromatic carbocycles. The zero-order chi connectivity index (χ0) is 18.1. The second-order valence-electron chi connectivity index (χ2n) is 6.04. The predicted molar refractivity (Wildman–Crippen MR) is 105 cm³/mol. The molecule has 4 rings (SSSR count). The summed E-state index contributed by atoms with van der Waals surface area (Å²) >= 11 is 7.43. The lowest BCUT2D eigenvalue weighted by atomic mass is 10.1. The first-order chi connectivity index (χ1) is 12.6. The van der Waals surface area contributed by atoms with E-state index in [4.69, 9.17) is 16.0 Å². The minimum Gasteiger partial charge on any atom is -0.451 e. The minimum atomic E-state index is -0.325. The summed E-state index contributed by atoms with van der Waals surface area (Å²) in [5.74, 6) is -0.0912. The SMILES string of the molecule is Cc1cccc(Cc2cnc(NC(=O)c3cc4cc(Cl)ccc4o3)s2)c1. The van der Waals surface area contributed by atoms with Crippen molar-refractivity contribution in [3.05, 3.63) is 81.5 Å². The zero-order valence-electron chi connectivity index (χ0n) is 14.0. The first kappa shape index (κ1) is 16.8. The molecule has 26 heavy (non-hydrogen) atoms. The number of carbonyl (C=O) groups excluding carboxylic acids is 1. The van der Waals surface area contributed by atoms with E-state index in [2.05, 4.69) is 35.4 Å². The van der Waals surface area contributed by atoms with Crippen molar-refractivity contribution < 1.29 is 9.21 Å². The van der Waals surface area contributed by atoms with Crippen LogP contribution in [0, 0.1) is 6.92 Å².